The van der Waals surface area contributed by atoms with Gasteiger partial charge < -0.3 is 12.4 Å². The van der Waals surface area contributed by atoms with Gasteiger partial charge in [0.05, 0.1) is 10.8 Å². The van der Waals surface area contributed by atoms with Crippen LogP contribution in [-0.2, 0) is 0 Å². The number of halogens is 2. The molecule has 1 heterocycles. The molecule has 0 atom stereocenters. The van der Waals surface area contributed by atoms with E-state index in [4.69, 9.17) is 0 Å². The first-order chi connectivity index (χ1) is 16.3. The fraction of sp³-hybridized carbons (Fsp3) is 0. The first kappa shape index (κ1) is 21.8. The summed E-state index contributed by atoms with van der Waals surface area (Å²) in [5.74, 6) is -0.237. The molecule has 0 saturated heterocycles. The molecular weight excluding hydrogens is 441 g/mol. The Hall–Kier alpha value is -4.01. The third-order valence-corrected chi connectivity index (χ3v) is 6.19. The minimum atomic E-state index is -0.237. The molecule has 0 aliphatic rings. The van der Waals surface area contributed by atoms with Gasteiger partial charge in [0.25, 0.3) is 0 Å². The summed E-state index contributed by atoms with van der Waals surface area (Å²) in [4.78, 5) is 0. The Morgan fingerprint density at radius 2 is 1.18 bits per heavy atom. The highest BCUT2D eigenvalue weighted by atomic mass is 35.5. The van der Waals surface area contributed by atoms with E-state index in [0.29, 0.717) is 0 Å². The van der Waals surface area contributed by atoms with Crippen molar-refractivity contribution in [2.45, 2.75) is 0 Å². The molecule has 0 aliphatic heterocycles. The van der Waals surface area contributed by atoms with Gasteiger partial charge in [0.2, 0.25) is 16.9 Å². The SMILES string of the molecule is Fc1ccc(-c2cc(-c3ccccc3)c3ccccc3[n+]2-c2cccc3ccccc23)cc1.[Cl-]. The first-order valence-electron chi connectivity index (χ1n) is 11.1. The maximum Gasteiger partial charge on any atom is 0.219 e. The zero-order chi connectivity index (χ0) is 22.2. The number of hydrogen-bond donors (Lipinski definition) is 0. The largest absolute Gasteiger partial charge is 1.00 e. The van der Waals surface area contributed by atoms with Gasteiger partial charge in [0, 0.05) is 29.3 Å². The molecule has 3 heteroatoms. The second-order valence-electron chi connectivity index (χ2n) is 8.17. The Balaban J connectivity index is 0.00000241. The molecule has 0 aliphatic carbocycles. The minimum absolute atomic E-state index is 0. The van der Waals surface area contributed by atoms with Crippen LogP contribution in [0.2, 0.25) is 0 Å². The average Bonchev–Trinajstić information content (AvgIpc) is 2.88. The molecule has 0 bridgehead atoms. The lowest BCUT2D eigenvalue weighted by Crippen LogP contribution is -3.00. The molecule has 6 aromatic rings. The molecule has 1 aromatic heterocycles. The number of nitrogens with zero attached hydrogens (tertiary/aromatic N) is 1. The predicted molar refractivity (Wildman–Crippen MR) is 134 cm³/mol. The van der Waals surface area contributed by atoms with Crippen LogP contribution in [0, 0.1) is 5.82 Å². The number of rotatable bonds is 3. The van der Waals surface area contributed by atoms with Gasteiger partial charge >= 0.3 is 0 Å². The summed E-state index contributed by atoms with van der Waals surface area (Å²) in [5.41, 5.74) is 6.50. The summed E-state index contributed by atoms with van der Waals surface area (Å²) < 4.78 is 16.1. The first-order valence-corrected chi connectivity index (χ1v) is 11.1. The van der Waals surface area contributed by atoms with E-state index < -0.39 is 0 Å². The van der Waals surface area contributed by atoms with E-state index in [1.165, 1.54) is 28.3 Å². The van der Waals surface area contributed by atoms with Crippen LogP contribution in [0.3, 0.4) is 0 Å². The number of aromatic nitrogens is 1. The standard InChI is InChI=1S/C31H21FN.ClH/c32-25-19-17-24(18-20-25)31-21-28(23-9-2-1-3-10-23)27-14-6-7-15-30(27)33(31)29-16-8-12-22-11-4-5-13-26(22)29;/h1-21H;1H/q+1;/p-1. The molecular formula is C31H21ClFN. The topological polar surface area (TPSA) is 3.88 Å². The van der Waals surface area contributed by atoms with E-state index in [1.807, 2.05) is 18.2 Å². The summed E-state index contributed by atoms with van der Waals surface area (Å²) in [6.07, 6.45) is 0. The van der Waals surface area contributed by atoms with Crippen LogP contribution < -0.4 is 17.0 Å². The quantitative estimate of drug-likeness (QED) is 0.335. The van der Waals surface area contributed by atoms with E-state index in [9.17, 15) is 4.39 Å². The second-order valence-corrected chi connectivity index (χ2v) is 8.17. The van der Waals surface area contributed by atoms with Crippen LogP contribution in [0.1, 0.15) is 0 Å². The zero-order valence-electron chi connectivity index (χ0n) is 18.3. The van der Waals surface area contributed by atoms with Crippen molar-refractivity contribution in [3.05, 3.63) is 133 Å². The monoisotopic (exact) mass is 461 g/mol. The van der Waals surface area contributed by atoms with Crippen molar-refractivity contribution < 1.29 is 21.4 Å². The highest BCUT2D eigenvalue weighted by Gasteiger charge is 2.25. The van der Waals surface area contributed by atoms with Gasteiger partial charge in [-0.25, -0.2) is 4.39 Å². The minimum Gasteiger partial charge on any atom is -1.00 e. The lowest BCUT2D eigenvalue weighted by atomic mass is 9.96. The number of para-hydroxylation sites is 1. The Morgan fingerprint density at radius 3 is 1.97 bits per heavy atom. The number of pyridine rings is 1. The molecule has 34 heavy (non-hydrogen) atoms. The van der Waals surface area contributed by atoms with Crippen molar-refractivity contribution >= 4 is 21.7 Å². The number of benzene rings is 5. The van der Waals surface area contributed by atoms with Crippen molar-refractivity contribution in [1.29, 1.82) is 0 Å². The van der Waals surface area contributed by atoms with Crippen LogP contribution in [-0.4, -0.2) is 0 Å². The molecule has 0 saturated carbocycles. The Kier molecular flexibility index (Phi) is 5.83. The van der Waals surface area contributed by atoms with E-state index in [1.54, 1.807) is 0 Å². The van der Waals surface area contributed by atoms with Crippen LogP contribution in [0.15, 0.2) is 127 Å². The zero-order valence-corrected chi connectivity index (χ0v) is 19.1. The molecule has 164 valence electrons. The summed E-state index contributed by atoms with van der Waals surface area (Å²) in [6.45, 7) is 0. The molecule has 0 N–H and O–H groups in total. The van der Waals surface area contributed by atoms with Gasteiger partial charge in [-0.3, -0.25) is 0 Å². The van der Waals surface area contributed by atoms with Crippen molar-refractivity contribution in [3.63, 3.8) is 0 Å². The lowest BCUT2D eigenvalue weighted by molar-refractivity contribution is -0.553. The van der Waals surface area contributed by atoms with E-state index in [2.05, 4.69) is 102 Å². The smallest absolute Gasteiger partial charge is 0.219 e. The summed E-state index contributed by atoms with van der Waals surface area (Å²) in [7, 11) is 0. The van der Waals surface area contributed by atoms with Gasteiger partial charge in [-0.2, -0.15) is 4.57 Å². The Morgan fingerprint density at radius 1 is 0.529 bits per heavy atom. The number of hydrogen-bond acceptors (Lipinski definition) is 0. The van der Waals surface area contributed by atoms with Crippen molar-refractivity contribution in [1.82, 2.24) is 0 Å². The van der Waals surface area contributed by atoms with Crippen LogP contribution in [0.25, 0.3) is 49.7 Å². The molecule has 0 fully saturated rings. The van der Waals surface area contributed by atoms with Crippen molar-refractivity contribution in [3.8, 4) is 28.1 Å². The van der Waals surface area contributed by atoms with Gasteiger partial charge in [-0.1, -0.05) is 72.8 Å². The van der Waals surface area contributed by atoms with Gasteiger partial charge in [0.15, 0.2) is 0 Å². The molecule has 0 amide bonds. The fourth-order valence-corrected chi connectivity index (χ4v) is 4.66. The third kappa shape index (κ3) is 3.72. The maximum atomic E-state index is 13.8. The van der Waals surface area contributed by atoms with E-state index in [0.717, 1.165) is 33.6 Å². The summed E-state index contributed by atoms with van der Waals surface area (Å²) >= 11 is 0. The van der Waals surface area contributed by atoms with Crippen molar-refractivity contribution in [2.24, 2.45) is 0 Å². The van der Waals surface area contributed by atoms with Crippen LogP contribution in [0.5, 0.6) is 0 Å². The van der Waals surface area contributed by atoms with Gasteiger partial charge in [-0.15, -0.1) is 0 Å². The maximum absolute atomic E-state index is 13.8. The van der Waals surface area contributed by atoms with Crippen LogP contribution >= 0.6 is 0 Å². The molecule has 0 radical (unpaired) electrons. The highest BCUT2D eigenvalue weighted by Crippen LogP contribution is 2.33. The lowest BCUT2D eigenvalue weighted by Gasteiger charge is -2.13. The van der Waals surface area contributed by atoms with Gasteiger partial charge in [0.1, 0.15) is 5.82 Å². The predicted octanol–water partition coefficient (Wildman–Crippen LogP) is 4.75. The summed E-state index contributed by atoms with van der Waals surface area (Å²) in [5, 5.41) is 3.53. The van der Waals surface area contributed by atoms with Crippen molar-refractivity contribution in [2.75, 3.05) is 0 Å². The van der Waals surface area contributed by atoms with Crippen LogP contribution in [0.4, 0.5) is 4.39 Å². The molecule has 0 spiro atoms. The molecule has 5 aromatic carbocycles. The fourth-order valence-electron chi connectivity index (χ4n) is 4.66. The van der Waals surface area contributed by atoms with E-state index >= 15 is 0 Å². The Labute approximate surface area is 204 Å². The molecule has 6 rings (SSSR count). The van der Waals surface area contributed by atoms with E-state index in [-0.39, 0.29) is 18.2 Å². The second kappa shape index (κ2) is 9.09. The normalized spacial score (nSPS) is 10.9. The summed E-state index contributed by atoms with van der Waals surface area (Å²) in [6, 6.07) is 42.8. The Bertz CT molecular complexity index is 1600. The van der Waals surface area contributed by atoms with Gasteiger partial charge in [-0.05, 0) is 47.3 Å². The average molecular weight is 462 g/mol. The third-order valence-electron chi connectivity index (χ3n) is 6.19. The highest BCUT2D eigenvalue weighted by molar-refractivity contribution is 5.96. The number of fused-ring (bicyclic) bond motifs is 2. The molecule has 0 unspecified atom stereocenters. The molecule has 1 nitrogen and oxygen atoms in total.